The maximum Gasteiger partial charge on any atom is 0.309 e. The molecule has 3 N–H and O–H groups in total. The Kier molecular flexibility index (Phi) is 10.0. The van der Waals surface area contributed by atoms with E-state index in [2.05, 4.69) is 59.9 Å². The van der Waals surface area contributed by atoms with Gasteiger partial charge in [0.2, 0.25) is 5.91 Å². The zero-order valence-corrected chi connectivity index (χ0v) is 35.6. The molecule has 0 radical (unpaired) electrons. The summed E-state index contributed by atoms with van der Waals surface area (Å²) >= 11 is 6.16. The maximum absolute atomic E-state index is 14.1. The van der Waals surface area contributed by atoms with Crippen molar-refractivity contribution in [2.24, 2.45) is 56.2 Å². The number of benzene rings is 1. The molecule has 7 rings (SSSR count). The molecule has 0 bridgehead atoms. The van der Waals surface area contributed by atoms with Gasteiger partial charge in [0.15, 0.2) is 12.1 Å². The number of carbonyl (C=O) groups is 3. The minimum absolute atomic E-state index is 0.00629. The van der Waals surface area contributed by atoms with Gasteiger partial charge < -0.3 is 20.3 Å². The number of rotatable bonds is 10. The molecule has 5 fully saturated rings. The van der Waals surface area contributed by atoms with Crippen LogP contribution in [-0.4, -0.2) is 40.3 Å². The van der Waals surface area contributed by atoms with Crippen molar-refractivity contribution < 1.29 is 29.3 Å². The standard InChI is InChI=1S/C47H66ClNO6/c1-28(2)38-32(50)26-46(21-18-36(51)49-47(24-25-47)29-10-12-30(48)13-11-29)23-22-44(8)31(39(38)46)14-15-34-43(7)19-17-35(55-37(52)27-41(3,4)40(53)54)42(5,6)33(43)16-20-45(34,44)9/h10-13,18,21,28,31,33-35,37,52H,14-17,19-20,22-27H2,1-9H3,(H,49,51)(H,53,54)/b21-18+/t31-,33?,34-,35+,37?,43+,44-,45-,46+/m1/s1. The predicted octanol–water partition coefficient (Wildman–Crippen LogP) is 10.2. The van der Waals surface area contributed by atoms with E-state index in [1.54, 1.807) is 19.9 Å². The summed E-state index contributed by atoms with van der Waals surface area (Å²) in [4.78, 5) is 39.6. The van der Waals surface area contributed by atoms with Crippen LogP contribution in [0.2, 0.25) is 5.02 Å². The highest BCUT2D eigenvalue weighted by Gasteiger charge is 2.70. The zero-order valence-electron chi connectivity index (χ0n) is 34.8. The largest absolute Gasteiger partial charge is 0.481 e. The number of hydrogen-bond acceptors (Lipinski definition) is 5. The molecule has 1 amide bonds. The fraction of sp³-hybridized carbons (Fsp3) is 0.723. The quantitative estimate of drug-likeness (QED) is 0.161. The number of carboxylic acid groups (broad SMARTS) is 1. The summed E-state index contributed by atoms with van der Waals surface area (Å²) in [6, 6.07) is 7.78. The summed E-state index contributed by atoms with van der Waals surface area (Å²) in [6.45, 7) is 19.9. The highest BCUT2D eigenvalue weighted by atomic mass is 35.5. The van der Waals surface area contributed by atoms with Crippen molar-refractivity contribution in [1.29, 1.82) is 0 Å². The Morgan fingerprint density at radius 2 is 1.60 bits per heavy atom. The lowest BCUT2D eigenvalue weighted by Crippen LogP contribution is -2.65. The van der Waals surface area contributed by atoms with E-state index in [1.807, 2.05) is 24.3 Å². The summed E-state index contributed by atoms with van der Waals surface area (Å²) in [6.07, 6.45) is 13.0. The third-order valence-corrected chi connectivity index (χ3v) is 17.3. The van der Waals surface area contributed by atoms with E-state index < -0.39 is 23.1 Å². The molecule has 8 heteroatoms. The first-order valence-electron chi connectivity index (χ1n) is 21.2. The molecular weight excluding hydrogens is 710 g/mol. The molecule has 9 atom stereocenters. The second kappa shape index (κ2) is 13.5. The van der Waals surface area contributed by atoms with Gasteiger partial charge in [-0.05, 0) is 158 Å². The van der Waals surface area contributed by atoms with E-state index in [4.69, 9.17) is 16.3 Å². The normalized spacial score (nSPS) is 38.2. The van der Waals surface area contributed by atoms with Gasteiger partial charge in [0.05, 0.1) is 17.1 Å². The summed E-state index contributed by atoms with van der Waals surface area (Å²) in [5, 5.41) is 24.6. The number of hydrogen-bond donors (Lipinski definition) is 3. The van der Waals surface area contributed by atoms with E-state index in [0.717, 1.165) is 75.3 Å². The number of Topliss-reactive ketones (excluding diaryl/α,β-unsaturated/α-hetero) is 1. The van der Waals surface area contributed by atoms with Gasteiger partial charge in [-0.3, -0.25) is 14.4 Å². The Morgan fingerprint density at radius 3 is 2.22 bits per heavy atom. The van der Waals surface area contributed by atoms with Crippen LogP contribution in [-0.2, 0) is 24.7 Å². The number of nitrogens with one attached hydrogen (secondary N) is 1. The lowest BCUT2D eigenvalue weighted by molar-refractivity contribution is -0.257. The minimum Gasteiger partial charge on any atom is -0.481 e. The highest BCUT2D eigenvalue weighted by Crippen LogP contribution is 2.77. The van der Waals surface area contributed by atoms with Crippen molar-refractivity contribution in [3.8, 4) is 0 Å². The molecule has 5 saturated carbocycles. The average Bonchev–Trinajstić information content (AvgIpc) is 3.80. The molecule has 55 heavy (non-hydrogen) atoms. The summed E-state index contributed by atoms with van der Waals surface area (Å²) in [5.41, 5.74) is 1.58. The van der Waals surface area contributed by atoms with E-state index in [-0.39, 0.29) is 63.2 Å². The van der Waals surface area contributed by atoms with Crippen molar-refractivity contribution in [3.05, 3.63) is 58.1 Å². The topological polar surface area (TPSA) is 113 Å². The zero-order chi connectivity index (χ0) is 40.1. The second-order valence-electron chi connectivity index (χ2n) is 21.1. The molecule has 7 nitrogen and oxygen atoms in total. The van der Waals surface area contributed by atoms with Crippen molar-refractivity contribution >= 4 is 29.3 Å². The van der Waals surface area contributed by atoms with Gasteiger partial charge in [-0.15, -0.1) is 0 Å². The van der Waals surface area contributed by atoms with Crippen LogP contribution in [0.5, 0.6) is 0 Å². The van der Waals surface area contributed by atoms with E-state index >= 15 is 0 Å². The lowest BCUT2D eigenvalue weighted by atomic mass is 9.33. The molecule has 0 heterocycles. The number of allylic oxidation sites excluding steroid dienone is 3. The van der Waals surface area contributed by atoms with E-state index in [9.17, 15) is 24.6 Å². The Hall–Kier alpha value is -2.48. The van der Waals surface area contributed by atoms with Crippen molar-refractivity contribution in [3.63, 3.8) is 0 Å². The molecule has 0 aliphatic heterocycles. The average molecular weight is 776 g/mol. The third-order valence-electron chi connectivity index (χ3n) is 17.1. The minimum atomic E-state index is -1.12. The van der Waals surface area contributed by atoms with Crippen molar-refractivity contribution in [2.45, 2.75) is 157 Å². The Bertz CT molecular complexity index is 1790. The Morgan fingerprint density at radius 1 is 0.927 bits per heavy atom. The Balaban J connectivity index is 1.14. The van der Waals surface area contributed by atoms with Gasteiger partial charge in [-0.1, -0.05) is 78.3 Å². The first kappa shape index (κ1) is 40.7. The van der Waals surface area contributed by atoms with Crippen molar-refractivity contribution in [1.82, 2.24) is 5.32 Å². The number of carboxylic acids is 1. The number of aliphatic hydroxyl groups is 1. The number of fused-ring (bicyclic) bond motifs is 7. The van der Waals surface area contributed by atoms with Crippen LogP contribution >= 0.6 is 11.6 Å². The van der Waals surface area contributed by atoms with Crippen LogP contribution in [0.25, 0.3) is 0 Å². The number of ether oxygens (including phenoxy) is 1. The number of carbonyl (C=O) groups excluding carboxylic acids is 2. The second-order valence-corrected chi connectivity index (χ2v) is 21.5. The SMILES string of the molecule is CC(C)C1=C2[C@H]3CC[C@@H]4[C@@]5(C)CC[C@H](OC(O)CC(C)(C)C(=O)O)C(C)(C)C5CC[C@@]4(C)[C@]3(C)CC[C@@]2(/C=C/C(=O)NC2(c3ccc(Cl)cc3)CC2)CC1=O. The number of halogens is 1. The molecule has 6 aliphatic carbocycles. The van der Waals surface area contributed by atoms with Crippen molar-refractivity contribution in [2.75, 3.05) is 0 Å². The molecular formula is C47H66ClNO6. The number of amides is 1. The fourth-order valence-corrected chi connectivity index (χ4v) is 13.9. The van der Waals surface area contributed by atoms with Gasteiger partial charge >= 0.3 is 5.97 Å². The molecule has 302 valence electrons. The molecule has 6 aliphatic rings. The number of aliphatic hydroxyl groups excluding tert-OH is 1. The first-order chi connectivity index (χ1) is 25.6. The summed E-state index contributed by atoms with van der Waals surface area (Å²) in [5.74, 6) is 0.550. The molecule has 1 aromatic rings. The van der Waals surface area contributed by atoms with Crippen LogP contribution in [0.1, 0.15) is 145 Å². The van der Waals surface area contributed by atoms with E-state index in [1.165, 1.54) is 5.57 Å². The third kappa shape index (κ3) is 6.40. The summed E-state index contributed by atoms with van der Waals surface area (Å²) in [7, 11) is 0. The van der Waals surface area contributed by atoms with Crippen LogP contribution in [0.15, 0.2) is 47.6 Å². The highest BCUT2D eigenvalue weighted by molar-refractivity contribution is 6.30. The van der Waals surface area contributed by atoms with Gasteiger partial charge in [-0.2, -0.15) is 0 Å². The van der Waals surface area contributed by atoms with E-state index in [0.29, 0.717) is 23.3 Å². The lowest BCUT2D eigenvalue weighted by Gasteiger charge is -2.72. The van der Waals surface area contributed by atoms with Crippen LogP contribution in [0.4, 0.5) is 0 Å². The number of ketones is 1. The Labute approximate surface area is 334 Å². The molecule has 1 aromatic carbocycles. The first-order valence-corrected chi connectivity index (χ1v) is 21.6. The van der Waals surface area contributed by atoms with Crippen LogP contribution in [0, 0.1) is 56.2 Å². The maximum atomic E-state index is 14.1. The number of aliphatic carboxylic acids is 1. The van der Waals surface area contributed by atoms with Gasteiger partial charge in [0.25, 0.3) is 0 Å². The summed E-state index contributed by atoms with van der Waals surface area (Å²) < 4.78 is 6.37. The van der Waals surface area contributed by atoms with Crippen LogP contribution < -0.4 is 5.32 Å². The molecule has 0 aromatic heterocycles. The smallest absolute Gasteiger partial charge is 0.309 e. The molecule has 0 saturated heterocycles. The van der Waals surface area contributed by atoms with Gasteiger partial charge in [0.1, 0.15) is 0 Å². The predicted molar refractivity (Wildman–Crippen MR) is 216 cm³/mol. The van der Waals surface area contributed by atoms with Gasteiger partial charge in [-0.25, -0.2) is 0 Å². The molecule has 0 spiro atoms. The monoisotopic (exact) mass is 775 g/mol. The fourth-order valence-electron chi connectivity index (χ4n) is 13.7. The van der Waals surface area contributed by atoms with Gasteiger partial charge in [0, 0.05) is 23.3 Å². The molecule has 2 unspecified atom stereocenters. The van der Waals surface area contributed by atoms with Crippen LogP contribution in [0.3, 0.4) is 0 Å².